The second kappa shape index (κ2) is 7.56. The highest BCUT2D eigenvalue weighted by molar-refractivity contribution is 5.89. The van der Waals surface area contributed by atoms with Crippen molar-refractivity contribution >= 4 is 22.6 Å². The summed E-state index contributed by atoms with van der Waals surface area (Å²) in [6.07, 6.45) is 1.84. The highest BCUT2D eigenvalue weighted by Crippen LogP contribution is 2.32. The Morgan fingerprint density at radius 3 is 2.61 bits per heavy atom. The second-order valence-electron chi connectivity index (χ2n) is 7.23. The topological polar surface area (TPSA) is 68.8 Å². The van der Waals surface area contributed by atoms with E-state index in [-0.39, 0.29) is 0 Å². The van der Waals surface area contributed by atoms with Gasteiger partial charge < -0.3 is 19.7 Å². The summed E-state index contributed by atoms with van der Waals surface area (Å²) in [6, 6.07) is 13.4. The maximum absolute atomic E-state index is 12.2. The maximum atomic E-state index is 12.2. The summed E-state index contributed by atoms with van der Waals surface area (Å²) < 4.78 is 5.48. The molecule has 0 spiro atoms. The number of hydrogen-bond donors (Lipinski definition) is 2. The lowest BCUT2D eigenvalue weighted by atomic mass is 10.0. The van der Waals surface area contributed by atoms with Crippen LogP contribution in [0.15, 0.2) is 48.7 Å². The number of carboxylic acids is 1. The molecule has 2 heterocycles. The number of aryl methyl sites for hydroxylation is 1. The van der Waals surface area contributed by atoms with Gasteiger partial charge in [0.2, 0.25) is 0 Å². The third-order valence-corrected chi connectivity index (χ3v) is 5.50. The monoisotopic (exact) mass is 379 g/mol. The van der Waals surface area contributed by atoms with Gasteiger partial charge in [-0.15, -0.1) is 0 Å². The van der Waals surface area contributed by atoms with Crippen LogP contribution in [0.3, 0.4) is 0 Å². The normalized spacial score (nSPS) is 16.3. The molecular weight excluding hydrogens is 354 g/mol. The fourth-order valence-corrected chi connectivity index (χ4v) is 4.08. The molecule has 146 valence electrons. The third-order valence-electron chi connectivity index (χ3n) is 5.50. The maximum Gasteiger partial charge on any atom is 0.325 e. The molecule has 0 aliphatic carbocycles. The van der Waals surface area contributed by atoms with Crippen molar-refractivity contribution in [2.24, 2.45) is 0 Å². The Balaban J connectivity index is 1.57. The van der Waals surface area contributed by atoms with Crippen molar-refractivity contribution in [3.8, 4) is 5.75 Å². The SMILES string of the molecule is COc1ccccc1N1CCN(C(C(=O)O)c2c[nH]c3ccc(C)cc23)CC1. The third kappa shape index (κ3) is 3.31. The Labute approximate surface area is 164 Å². The zero-order chi connectivity index (χ0) is 19.7. The van der Waals surface area contributed by atoms with Gasteiger partial charge in [0.15, 0.2) is 0 Å². The first-order valence-electron chi connectivity index (χ1n) is 9.51. The highest BCUT2D eigenvalue weighted by Gasteiger charge is 2.32. The molecule has 4 rings (SSSR count). The lowest BCUT2D eigenvalue weighted by Crippen LogP contribution is -2.49. The van der Waals surface area contributed by atoms with Gasteiger partial charge in [0.1, 0.15) is 11.8 Å². The van der Waals surface area contributed by atoms with Crippen LogP contribution in [-0.2, 0) is 4.79 Å². The van der Waals surface area contributed by atoms with Crippen molar-refractivity contribution in [2.45, 2.75) is 13.0 Å². The van der Waals surface area contributed by atoms with Crippen molar-refractivity contribution in [2.75, 3.05) is 38.2 Å². The number of piperazine rings is 1. The van der Waals surface area contributed by atoms with Crippen molar-refractivity contribution in [1.82, 2.24) is 9.88 Å². The fraction of sp³-hybridized carbons (Fsp3) is 0.318. The summed E-state index contributed by atoms with van der Waals surface area (Å²) in [4.78, 5) is 19.7. The first-order valence-corrected chi connectivity index (χ1v) is 9.51. The minimum Gasteiger partial charge on any atom is -0.495 e. The standard InChI is InChI=1S/C22H25N3O3/c1-15-7-8-18-16(13-15)17(14-23-18)21(22(26)27)25-11-9-24(10-12-25)19-5-3-4-6-20(19)28-2/h3-8,13-14,21,23H,9-12H2,1-2H3,(H,26,27). The van der Waals surface area contributed by atoms with Crippen molar-refractivity contribution in [1.29, 1.82) is 0 Å². The number of benzene rings is 2. The molecule has 0 saturated carbocycles. The largest absolute Gasteiger partial charge is 0.495 e. The summed E-state index contributed by atoms with van der Waals surface area (Å²) >= 11 is 0. The number of carbonyl (C=O) groups is 1. The number of nitrogens with one attached hydrogen (secondary N) is 1. The molecule has 1 fully saturated rings. The van der Waals surface area contributed by atoms with Gasteiger partial charge in [-0.05, 0) is 31.2 Å². The Bertz CT molecular complexity index is 990. The Morgan fingerprint density at radius 2 is 1.89 bits per heavy atom. The number of H-pyrrole nitrogens is 1. The molecule has 1 aromatic heterocycles. The molecule has 1 aliphatic rings. The number of hydrogen-bond acceptors (Lipinski definition) is 4. The number of aliphatic carboxylic acids is 1. The Hall–Kier alpha value is -2.99. The van der Waals surface area contributed by atoms with Gasteiger partial charge in [0.25, 0.3) is 0 Å². The van der Waals surface area contributed by atoms with Gasteiger partial charge in [-0.3, -0.25) is 9.69 Å². The number of rotatable bonds is 5. The number of ether oxygens (including phenoxy) is 1. The van der Waals surface area contributed by atoms with Gasteiger partial charge in [0.05, 0.1) is 12.8 Å². The minimum atomic E-state index is -0.812. The average Bonchev–Trinajstić information content (AvgIpc) is 3.11. The lowest BCUT2D eigenvalue weighted by molar-refractivity contribution is -0.143. The summed E-state index contributed by atoms with van der Waals surface area (Å²) in [6.45, 7) is 4.89. The second-order valence-corrected chi connectivity index (χ2v) is 7.23. The van der Waals surface area contributed by atoms with Crippen molar-refractivity contribution in [3.05, 3.63) is 59.8 Å². The van der Waals surface area contributed by atoms with Crippen molar-refractivity contribution < 1.29 is 14.6 Å². The van der Waals surface area contributed by atoms with E-state index in [9.17, 15) is 9.90 Å². The Morgan fingerprint density at radius 1 is 1.14 bits per heavy atom. The molecule has 1 unspecified atom stereocenters. The fourth-order valence-electron chi connectivity index (χ4n) is 4.08. The molecule has 28 heavy (non-hydrogen) atoms. The summed E-state index contributed by atoms with van der Waals surface area (Å²) in [5, 5.41) is 11.0. The molecule has 0 bridgehead atoms. The number of aromatic nitrogens is 1. The van der Waals surface area contributed by atoms with Crippen LogP contribution < -0.4 is 9.64 Å². The summed E-state index contributed by atoms with van der Waals surface area (Å²) in [5.41, 5.74) is 3.98. The van der Waals surface area contributed by atoms with Gasteiger partial charge >= 0.3 is 5.97 Å². The van der Waals surface area contributed by atoms with E-state index in [4.69, 9.17) is 4.74 Å². The Kier molecular flexibility index (Phi) is 4.96. The van der Waals surface area contributed by atoms with E-state index in [1.54, 1.807) is 7.11 Å². The van der Waals surface area contributed by atoms with Crippen LogP contribution in [0, 0.1) is 6.92 Å². The number of nitrogens with zero attached hydrogens (tertiary/aromatic N) is 2. The van der Waals surface area contributed by atoms with E-state index < -0.39 is 12.0 Å². The number of fused-ring (bicyclic) bond motifs is 1. The lowest BCUT2D eigenvalue weighted by Gasteiger charge is -2.39. The van der Waals surface area contributed by atoms with Crippen LogP contribution in [0.2, 0.25) is 0 Å². The molecule has 3 aromatic rings. The zero-order valence-electron chi connectivity index (χ0n) is 16.2. The molecular formula is C22H25N3O3. The van der Waals surface area contributed by atoms with Gasteiger partial charge in [-0.2, -0.15) is 0 Å². The van der Waals surface area contributed by atoms with Gasteiger partial charge in [0, 0.05) is 48.8 Å². The van der Waals surface area contributed by atoms with E-state index in [2.05, 4.69) is 20.9 Å². The van der Waals surface area contributed by atoms with Crippen LogP contribution in [0.25, 0.3) is 10.9 Å². The molecule has 2 N–H and O–H groups in total. The van der Waals surface area contributed by atoms with E-state index in [1.807, 2.05) is 49.5 Å². The highest BCUT2D eigenvalue weighted by atomic mass is 16.5. The van der Waals surface area contributed by atoms with E-state index >= 15 is 0 Å². The summed E-state index contributed by atoms with van der Waals surface area (Å²) in [7, 11) is 1.68. The van der Waals surface area contributed by atoms with Gasteiger partial charge in [-0.1, -0.05) is 23.8 Å². The van der Waals surface area contributed by atoms with Crippen LogP contribution in [0.5, 0.6) is 5.75 Å². The molecule has 1 saturated heterocycles. The molecule has 6 heteroatoms. The first kappa shape index (κ1) is 18.4. The quantitative estimate of drug-likeness (QED) is 0.711. The minimum absolute atomic E-state index is 0.657. The molecule has 0 amide bonds. The van der Waals surface area contributed by atoms with Crippen molar-refractivity contribution in [3.63, 3.8) is 0 Å². The molecule has 1 aliphatic heterocycles. The smallest absolute Gasteiger partial charge is 0.325 e. The zero-order valence-corrected chi connectivity index (χ0v) is 16.2. The number of aromatic amines is 1. The molecule has 0 radical (unpaired) electrons. The predicted octanol–water partition coefficient (Wildman–Crippen LogP) is 3.43. The van der Waals surface area contributed by atoms with Crippen LogP contribution in [-0.4, -0.2) is 54.2 Å². The van der Waals surface area contributed by atoms with E-state index in [0.29, 0.717) is 13.1 Å². The average molecular weight is 379 g/mol. The van der Waals surface area contributed by atoms with E-state index in [1.165, 1.54) is 0 Å². The van der Waals surface area contributed by atoms with Gasteiger partial charge in [-0.25, -0.2) is 0 Å². The number of methoxy groups -OCH3 is 1. The van der Waals surface area contributed by atoms with Crippen LogP contribution in [0.4, 0.5) is 5.69 Å². The number of carboxylic acid groups (broad SMARTS) is 1. The predicted molar refractivity (Wildman–Crippen MR) is 110 cm³/mol. The van der Waals surface area contributed by atoms with Crippen LogP contribution in [0.1, 0.15) is 17.2 Å². The molecule has 2 aromatic carbocycles. The summed E-state index contributed by atoms with van der Waals surface area (Å²) in [5.74, 6) is 0.0333. The van der Waals surface area contributed by atoms with E-state index in [0.717, 1.165) is 46.6 Å². The number of anilines is 1. The molecule has 1 atom stereocenters. The first-order chi connectivity index (χ1) is 13.6. The number of para-hydroxylation sites is 2. The van der Waals surface area contributed by atoms with Crippen LogP contribution >= 0.6 is 0 Å². The molecule has 6 nitrogen and oxygen atoms in total.